The van der Waals surface area contributed by atoms with Gasteiger partial charge in [0, 0.05) is 11.6 Å². The van der Waals surface area contributed by atoms with Crippen LogP contribution < -0.4 is 0 Å². The van der Waals surface area contributed by atoms with E-state index in [0.29, 0.717) is 22.3 Å². The molecule has 0 atom stereocenters. The summed E-state index contributed by atoms with van der Waals surface area (Å²) in [5.41, 5.74) is 2.35. The van der Waals surface area contributed by atoms with Crippen LogP contribution in [0.2, 0.25) is 0 Å². The van der Waals surface area contributed by atoms with Crippen molar-refractivity contribution in [2.24, 2.45) is 0 Å². The van der Waals surface area contributed by atoms with Crippen LogP contribution in [0.25, 0.3) is 22.3 Å². The molecule has 0 unspecified atom stereocenters. The number of pyridine rings is 1. The summed E-state index contributed by atoms with van der Waals surface area (Å²) in [7, 11) is 0. The van der Waals surface area contributed by atoms with Crippen LogP contribution in [0.15, 0.2) is 42.9 Å². The van der Waals surface area contributed by atoms with Gasteiger partial charge < -0.3 is 5.21 Å². The van der Waals surface area contributed by atoms with Gasteiger partial charge in [-0.15, -0.1) is 0 Å². The lowest BCUT2D eigenvalue weighted by atomic mass is 10.1. The van der Waals surface area contributed by atoms with Gasteiger partial charge in [0.2, 0.25) is 0 Å². The minimum Gasteiger partial charge on any atom is -0.427 e. The Morgan fingerprint density at radius 3 is 2.74 bits per heavy atom. The first-order valence-corrected chi connectivity index (χ1v) is 5.43. The van der Waals surface area contributed by atoms with E-state index in [2.05, 4.69) is 9.97 Å². The molecular formula is C12H8N4O3. The van der Waals surface area contributed by atoms with Crippen LogP contribution >= 0.6 is 0 Å². The number of hydrogen-bond donors (Lipinski definition) is 1. The molecule has 0 radical (unpaired) electrons. The molecule has 1 N–H and O–H groups in total. The van der Waals surface area contributed by atoms with Crippen molar-refractivity contribution in [3.8, 4) is 11.3 Å². The minimum atomic E-state index is -0.500. The highest BCUT2D eigenvalue weighted by molar-refractivity contribution is 5.90. The highest BCUT2D eigenvalue weighted by Gasteiger charge is 2.11. The molecule has 3 rings (SSSR count). The van der Waals surface area contributed by atoms with Gasteiger partial charge in [-0.2, -0.15) is 4.73 Å². The number of rotatable bonds is 2. The van der Waals surface area contributed by atoms with E-state index in [1.165, 1.54) is 18.6 Å². The van der Waals surface area contributed by atoms with E-state index in [-0.39, 0.29) is 5.69 Å². The second-order valence-electron chi connectivity index (χ2n) is 3.92. The van der Waals surface area contributed by atoms with Crippen molar-refractivity contribution in [2.45, 2.75) is 0 Å². The zero-order valence-corrected chi connectivity index (χ0v) is 9.59. The van der Waals surface area contributed by atoms with Gasteiger partial charge in [0.05, 0.1) is 10.6 Å². The number of para-hydroxylation sites is 1. The number of nitro groups is 1. The van der Waals surface area contributed by atoms with Crippen LogP contribution in [0, 0.1) is 10.1 Å². The van der Waals surface area contributed by atoms with Crippen molar-refractivity contribution in [1.29, 1.82) is 0 Å². The number of nitrogens with zero attached hydrogens (tertiary/aromatic N) is 4. The summed E-state index contributed by atoms with van der Waals surface area (Å²) in [4.78, 5) is 18.2. The van der Waals surface area contributed by atoms with Gasteiger partial charge in [0.1, 0.15) is 23.6 Å². The maximum absolute atomic E-state index is 10.6. The quantitative estimate of drug-likeness (QED) is 0.431. The fourth-order valence-corrected chi connectivity index (χ4v) is 1.89. The monoisotopic (exact) mass is 256 g/mol. The van der Waals surface area contributed by atoms with Gasteiger partial charge >= 0.3 is 0 Å². The Bertz CT molecular complexity index is 764. The van der Waals surface area contributed by atoms with Gasteiger partial charge in [-0.3, -0.25) is 10.1 Å². The maximum Gasteiger partial charge on any atom is 0.287 e. The topological polar surface area (TPSA) is 94.1 Å². The molecule has 0 aliphatic heterocycles. The first-order chi connectivity index (χ1) is 9.16. The van der Waals surface area contributed by atoms with Crippen molar-refractivity contribution < 1.29 is 10.1 Å². The molecule has 19 heavy (non-hydrogen) atoms. The van der Waals surface area contributed by atoms with Gasteiger partial charge in [-0.25, -0.2) is 9.97 Å². The summed E-state index contributed by atoms with van der Waals surface area (Å²) >= 11 is 0. The molecule has 0 spiro atoms. The Balaban J connectivity index is 2.16. The van der Waals surface area contributed by atoms with Crippen LogP contribution in [0.5, 0.6) is 0 Å². The average Bonchev–Trinajstić information content (AvgIpc) is 2.81. The van der Waals surface area contributed by atoms with E-state index in [9.17, 15) is 15.3 Å². The van der Waals surface area contributed by atoms with Gasteiger partial charge in [0.25, 0.3) is 5.69 Å². The lowest BCUT2D eigenvalue weighted by molar-refractivity contribution is -0.385. The fraction of sp³-hybridized carbons (Fsp3) is 0. The van der Waals surface area contributed by atoms with Gasteiger partial charge in [-0.1, -0.05) is 12.1 Å². The Morgan fingerprint density at radius 1 is 1.21 bits per heavy atom. The molecule has 2 aromatic heterocycles. The Hall–Kier alpha value is -2.96. The second kappa shape index (κ2) is 4.05. The number of fused-ring (bicyclic) bond motifs is 1. The van der Waals surface area contributed by atoms with Crippen molar-refractivity contribution in [3.63, 3.8) is 0 Å². The summed E-state index contributed by atoms with van der Waals surface area (Å²) in [5, 5.41) is 20.1. The zero-order chi connectivity index (χ0) is 13.4. The average molecular weight is 256 g/mol. The van der Waals surface area contributed by atoms with Crippen molar-refractivity contribution in [3.05, 3.63) is 53.0 Å². The van der Waals surface area contributed by atoms with Crippen molar-refractivity contribution in [1.82, 2.24) is 14.7 Å². The summed E-state index contributed by atoms with van der Waals surface area (Å²) in [6.45, 7) is 0. The molecule has 0 aliphatic carbocycles. The third-order valence-corrected chi connectivity index (χ3v) is 2.79. The largest absolute Gasteiger partial charge is 0.427 e. The van der Waals surface area contributed by atoms with Crippen LogP contribution in [-0.2, 0) is 0 Å². The lowest BCUT2D eigenvalue weighted by Gasteiger charge is -2.01. The maximum atomic E-state index is 10.6. The molecule has 7 nitrogen and oxygen atoms in total. The van der Waals surface area contributed by atoms with Gasteiger partial charge in [-0.05, 0) is 12.1 Å². The predicted molar refractivity (Wildman–Crippen MR) is 66.8 cm³/mol. The third kappa shape index (κ3) is 1.77. The Labute approximate surface area is 106 Å². The van der Waals surface area contributed by atoms with Crippen molar-refractivity contribution >= 4 is 16.7 Å². The third-order valence-electron chi connectivity index (χ3n) is 2.79. The molecule has 0 aliphatic rings. The number of aromatic nitrogens is 3. The SMILES string of the molecule is O=[N+]([O-])c1ccc(-c2cccc3c2ncn3O)nc1. The van der Waals surface area contributed by atoms with Crippen LogP contribution in [0.4, 0.5) is 5.69 Å². The van der Waals surface area contributed by atoms with E-state index < -0.39 is 4.92 Å². The fourth-order valence-electron chi connectivity index (χ4n) is 1.89. The van der Waals surface area contributed by atoms with E-state index in [0.717, 1.165) is 4.73 Å². The molecule has 0 saturated carbocycles. The lowest BCUT2D eigenvalue weighted by Crippen LogP contribution is -1.91. The number of imidazole rings is 1. The molecule has 7 heteroatoms. The first-order valence-electron chi connectivity index (χ1n) is 5.43. The van der Waals surface area contributed by atoms with E-state index in [1.54, 1.807) is 24.3 Å². The molecule has 0 saturated heterocycles. The summed E-state index contributed by atoms with van der Waals surface area (Å²) < 4.78 is 0.921. The van der Waals surface area contributed by atoms with Crippen molar-refractivity contribution in [2.75, 3.05) is 0 Å². The highest BCUT2D eigenvalue weighted by atomic mass is 16.6. The van der Waals surface area contributed by atoms with E-state index in [4.69, 9.17) is 0 Å². The normalized spacial score (nSPS) is 10.7. The highest BCUT2D eigenvalue weighted by Crippen LogP contribution is 2.26. The smallest absolute Gasteiger partial charge is 0.287 e. The molecule has 0 amide bonds. The Morgan fingerprint density at radius 2 is 2.05 bits per heavy atom. The molecule has 1 aromatic carbocycles. The van der Waals surface area contributed by atoms with Gasteiger partial charge in [0.15, 0.2) is 0 Å². The van der Waals surface area contributed by atoms with Crippen LogP contribution in [0.3, 0.4) is 0 Å². The zero-order valence-electron chi connectivity index (χ0n) is 9.59. The molecule has 2 heterocycles. The number of benzene rings is 1. The van der Waals surface area contributed by atoms with Crippen LogP contribution in [0.1, 0.15) is 0 Å². The standard InChI is InChI=1S/C12H8N4O3/c17-15-7-14-12-9(2-1-3-11(12)15)10-5-4-8(6-13-10)16(18)19/h1-7,17H. The number of hydrogen-bond acceptors (Lipinski definition) is 5. The van der Waals surface area contributed by atoms with E-state index in [1.807, 2.05) is 0 Å². The Kier molecular flexibility index (Phi) is 2.38. The first kappa shape index (κ1) is 11.1. The minimum absolute atomic E-state index is 0.0661. The summed E-state index contributed by atoms with van der Waals surface area (Å²) in [6, 6.07) is 8.22. The van der Waals surface area contributed by atoms with E-state index >= 15 is 0 Å². The molecule has 0 bridgehead atoms. The molecule has 94 valence electrons. The summed E-state index contributed by atoms with van der Waals surface area (Å²) in [6.07, 6.45) is 2.49. The molecule has 3 aromatic rings. The molecule has 0 fully saturated rings. The summed E-state index contributed by atoms with van der Waals surface area (Å²) in [5.74, 6) is 0. The predicted octanol–water partition coefficient (Wildman–Crippen LogP) is 2.24. The van der Waals surface area contributed by atoms with Crippen LogP contribution in [-0.4, -0.2) is 24.8 Å². The second-order valence-corrected chi connectivity index (χ2v) is 3.92. The molecular weight excluding hydrogens is 248 g/mol.